The number of carbonyl (C=O) groups excluding carboxylic acids is 3. The van der Waals surface area contributed by atoms with Gasteiger partial charge in [-0.1, -0.05) is 20.8 Å². The number of β-amino-alcohol motifs (C(OH)–C–C–N with tert-alkyl or cyclic N) is 1. The van der Waals surface area contributed by atoms with Crippen LogP contribution < -0.4 is 15.4 Å². The summed E-state index contributed by atoms with van der Waals surface area (Å²) < 4.78 is 5.30. The Morgan fingerprint density at radius 2 is 1.96 bits per heavy atom. The number of imide groups is 1. The number of hydrogen-bond acceptors (Lipinski definition) is 6. The van der Waals surface area contributed by atoms with Gasteiger partial charge in [0.1, 0.15) is 11.4 Å². The Bertz CT molecular complexity index is 765. The van der Waals surface area contributed by atoms with Crippen LogP contribution in [0.5, 0.6) is 5.75 Å². The molecule has 0 aliphatic carbocycles. The van der Waals surface area contributed by atoms with Crippen molar-refractivity contribution in [2.45, 2.75) is 20.8 Å². The molecule has 0 atom stereocenters. The lowest BCUT2D eigenvalue weighted by molar-refractivity contribution is -0.137. The molecular weight excluding hydrogens is 338 g/mol. The lowest BCUT2D eigenvalue weighted by Gasteiger charge is -2.19. The van der Waals surface area contributed by atoms with Crippen LogP contribution in [-0.4, -0.2) is 48.0 Å². The minimum absolute atomic E-state index is 0.0551. The average Bonchev–Trinajstić information content (AvgIpc) is 2.83. The van der Waals surface area contributed by atoms with Gasteiger partial charge in [-0.05, 0) is 12.1 Å². The third kappa shape index (κ3) is 4.20. The second-order valence-corrected chi connectivity index (χ2v) is 6.82. The molecule has 3 amide bonds. The number of aliphatic hydroxyl groups is 1. The first-order valence-electron chi connectivity index (χ1n) is 8.12. The van der Waals surface area contributed by atoms with Gasteiger partial charge in [-0.15, -0.1) is 0 Å². The van der Waals surface area contributed by atoms with E-state index in [2.05, 4.69) is 10.6 Å². The predicted octanol–water partition coefficient (Wildman–Crippen LogP) is 1.34. The number of aliphatic hydroxyl groups excluding tert-OH is 1. The van der Waals surface area contributed by atoms with Crippen molar-refractivity contribution < 1.29 is 24.2 Å². The quantitative estimate of drug-likeness (QED) is 0.660. The number of hydrogen-bond donors (Lipinski definition) is 3. The first kappa shape index (κ1) is 19.5. The molecule has 0 bridgehead atoms. The Kier molecular flexibility index (Phi) is 5.66. The van der Waals surface area contributed by atoms with Crippen LogP contribution in [0.1, 0.15) is 20.8 Å². The molecule has 8 nitrogen and oxygen atoms in total. The van der Waals surface area contributed by atoms with Gasteiger partial charge in [0.15, 0.2) is 0 Å². The summed E-state index contributed by atoms with van der Waals surface area (Å²) in [6.07, 6.45) is 1.18. The van der Waals surface area contributed by atoms with Gasteiger partial charge in [0.2, 0.25) is 5.91 Å². The van der Waals surface area contributed by atoms with Crippen LogP contribution in [0.2, 0.25) is 0 Å². The van der Waals surface area contributed by atoms with Crippen molar-refractivity contribution in [2.24, 2.45) is 5.41 Å². The van der Waals surface area contributed by atoms with Crippen molar-refractivity contribution in [1.82, 2.24) is 4.90 Å². The number of nitrogens with zero attached hydrogens (tertiary/aromatic N) is 1. The van der Waals surface area contributed by atoms with Crippen molar-refractivity contribution in [2.75, 3.05) is 30.9 Å². The van der Waals surface area contributed by atoms with Crippen LogP contribution in [-0.2, 0) is 14.4 Å². The zero-order chi connectivity index (χ0) is 19.5. The standard InChI is InChI=1S/C18H23N3O5/c1-18(2,3)17(25)20-12-6-5-11(9-14(12)26-4)19-13-10-15(23)21(7-8-22)16(13)24/h5-6,9-10,19,22H,7-8H2,1-4H3,(H,20,25). The fraction of sp³-hybridized carbons (Fsp3) is 0.389. The molecule has 1 aliphatic rings. The molecule has 1 aromatic rings. The van der Waals surface area contributed by atoms with Crippen molar-refractivity contribution in [3.05, 3.63) is 30.0 Å². The van der Waals surface area contributed by atoms with E-state index in [1.54, 1.807) is 39.0 Å². The Balaban J connectivity index is 2.17. The van der Waals surface area contributed by atoms with E-state index in [0.717, 1.165) is 4.90 Å². The zero-order valence-corrected chi connectivity index (χ0v) is 15.3. The van der Waals surface area contributed by atoms with E-state index < -0.39 is 17.2 Å². The van der Waals surface area contributed by atoms with Gasteiger partial charge >= 0.3 is 0 Å². The summed E-state index contributed by atoms with van der Waals surface area (Å²) >= 11 is 0. The van der Waals surface area contributed by atoms with Gasteiger partial charge in [-0.3, -0.25) is 19.3 Å². The Morgan fingerprint density at radius 3 is 2.54 bits per heavy atom. The smallest absolute Gasteiger partial charge is 0.277 e. The summed E-state index contributed by atoms with van der Waals surface area (Å²) in [4.78, 5) is 37.0. The van der Waals surface area contributed by atoms with Crippen LogP contribution >= 0.6 is 0 Å². The highest BCUT2D eigenvalue weighted by molar-refractivity contribution is 6.17. The average molecular weight is 361 g/mol. The van der Waals surface area contributed by atoms with Crippen LogP contribution in [0.25, 0.3) is 0 Å². The van der Waals surface area contributed by atoms with E-state index >= 15 is 0 Å². The molecule has 0 fully saturated rings. The third-order valence-electron chi connectivity index (χ3n) is 3.74. The molecule has 1 aromatic carbocycles. The Hall–Kier alpha value is -2.87. The number of amides is 3. The highest BCUT2D eigenvalue weighted by atomic mass is 16.5. The molecule has 0 unspecified atom stereocenters. The number of methoxy groups -OCH3 is 1. The molecule has 0 aromatic heterocycles. The minimum Gasteiger partial charge on any atom is -0.494 e. The summed E-state index contributed by atoms with van der Waals surface area (Å²) in [6.45, 7) is 5.06. The molecule has 0 saturated carbocycles. The molecule has 1 aliphatic heterocycles. The largest absolute Gasteiger partial charge is 0.494 e. The normalized spacial score (nSPS) is 14.3. The van der Waals surface area contributed by atoms with Gasteiger partial charge in [0, 0.05) is 23.2 Å². The molecule has 1 heterocycles. The molecule has 0 spiro atoms. The molecule has 0 saturated heterocycles. The van der Waals surface area contributed by atoms with Gasteiger partial charge in [0.05, 0.1) is 25.9 Å². The first-order valence-corrected chi connectivity index (χ1v) is 8.12. The van der Waals surface area contributed by atoms with E-state index in [4.69, 9.17) is 9.84 Å². The molecule has 26 heavy (non-hydrogen) atoms. The van der Waals surface area contributed by atoms with Gasteiger partial charge in [-0.25, -0.2) is 0 Å². The summed E-state index contributed by atoms with van der Waals surface area (Å²) in [5.41, 5.74) is 0.577. The fourth-order valence-electron chi connectivity index (χ4n) is 2.25. The van der Waals surface area contributed by atoms with Crippen LogP contribution in [0.4, 0.5) is 11.4 Å². The molecule has 2 rings (SSSR count). The molecule has 0 radical (unpaired) electrons. The second kappa shape index (κ2) is 7.57. The number of ether oxygens (including phenoxy) is 1. The zero-order valence-electron chi connectivity index (χ0n) is 15.3. The van der Waals surface area contributed by atoms with Crippen molar-refractivity contribution in [3.8, 4) is 5.75 Å². The first-order chi connectivity index (χ1) is 12.2. The maximum absolute atomic E-state index is 12.2. The van der Waals surface area contributed by atoms with E-state index in [1.807, 2.05) is 0 Å². The van der Waals surface area contributed by atoms with Gasteiger partial charge < -0.3 is 20.5 Å². The highest BCUT2D eigenvalue weighted by Crippen LogP contribution is 2.30. The third-order valence-corrected chi connectivity index (χ3v) is 3.74. The fourth-order valence-corrected chi connectivity index (χ4v) is 2.25. The predicted molar refractivity (Wildman–Crippen MR) is 96.6 cm³/mol. The highest BCUT2D eigenvalue weighted by Gasteiger charge is 2.30. The van der Waals surface area contributed by atoms with E-state index in [9.17, 15) is 14.4 Å². The Labute approximate surface area is 151 Å². The maximum Gasteiger partial charge on any atom is 0.277 e. The number of anilines is 2. The number of benzene rings is 1. The molecule has 140 valence electrons. The lowest BCUT2D eigenvalue weighted by Crippen LogP contribution is -2.34. The number of carbonyl (C=O) groups is 3. The number of nitrogens with one attached hydrogen (secondary N) is 2. The van der Waals surface area contributed by atoms with E-state index in [0.29, 0.717) is 17.1 Å². The van der Waals surface area contributed by atoms with Crippen molar-refractivity contribution in [3.63, 3.8) is 0 Å². The summed E-state index contributed by atoms with van der Waals surface area (Å²) in [7, 11) is 1.47. The molecule has 8 heteroatoms. The van der Waals surface area contributed by atoms with Crippen molar-refractivity contribution in [1.29, 1.82) is 0 Å². The monoisotopic (exact) mass is 361 g/mol. The van der Waals surface area contributed by atoms with Gasteiger partial charge in [0.25, 0.3) is 11.8 Å². The van der Waals surface area contributed by atoms with E-state index in [1.165, 1.54) is 13.2 Å². The maximum atomic E-state index is 12.2. The summed E-state index contributed by atoms with van der Waals surface area (Å²) in [5, 5.41) is 14.6. The minimum atomic E-state index is -0.556. The molecule has 3 N–H and O–H groups in total. The second-order valence-electron chi connectivity index (χ2n) is 6.82. The van der Waals surface area contributed by atoms with Gasteiger partial charge in [-0.2, -0.15) is 0 Å². The number of rotatable bonds is 6. The van der Waals surface area contributed by atoms with Crippen LogP contribution in [0, 0.1) is 5.41 Å². The Morgan fingerprint density at radius 1 is 1.27 bits per heavy atom. The van der Waals surface area contributed by atoms with E-state index in [-0.39, 0.29) is 24.8 Å². The molecular formula is C18H23N3O5. The topological polar surface area (TPSA) is 108 Å². The summed E-state index contributed by atoms with van der Waals surface area (Å²) in [6, 6.07) is 4.93. The SMILES string of the molecule is COc1cc(NC2=CC(=O)N(CCO)C2=O)ccc1NC(=O)C(C)(C)C. The van der Waals surface area contributed by atoms with Crippen LogP contribution in [0.3, 0.4) is 0 Å². The van der Waals surface area contributed by atoms with Crippen LogP contribution in [0.15, 0.2) is 30.0 Å². The van der Waals surface area contributed by atoms with Crippen molar-refractivity contribution >= 4 is 29.1 Å². The summed E-state index contributed by atoms with van der Waals surface area (Å²) in [5.74, 6) is -0.728. The lowest BCUT2D eigenvalue weighted by atomic mass is 9.95.